The van der Waals surface area contributed by atoms with E-state index in [1.165, 1.54) is 18.5 Å². The molecule has 0 aliphatic carbocycles. The molecule has 11 heteroatoms. The van der Waals surface area contributed by atoms with E-state index in [0.717, 1.165) is 0 Å². The van der Waals surface area contributed by atoms with Gasteiger partial charge in [0, 0.05) is 49.3 Å². The van der Waals surface area contributed by atoms with E-state index in [0.29, 0.717) is 31.2 Å². The summed E-state index contributed by atoms with van der Waals surface area (Å²) in [6, 6.07) is 4.66. The van der Waals surface area contributed by atoms with Crippen molar-refractivity contribution < 1.29 is 23.8 Å². The van der Waals surface area contributed by atoms with Gasteiger partial charge < -0.3 is 30.9 Å². The number of guanidine groups is 1. The average Bonchev–Trinajstić information content (AvgIpc) is 2.70. The van der Waals surface area contributed by atoms with Crippen molar-refractivity contribution in [1.82, 2.24) is 9.97 Å². The standard InChI is InChI=1S/C18H23FN6O4/c1-28-8-6-25(5-7-26)17-22-9-13(10-23-17)14-4-2-3-12(15(14)19)11-29-18(27)24-16(20)21/h2-4,9-10,26H,5-8,11H2,1H3,(H4,20,21,24,27). The van der Waals surface area contributed by atoms with E-state index in [1.54, 1.807) is 24.1 Å². The van der Waals surface area contributed by atoms with Crippen molar-refractivity contribution in [3.63, 3.8) is 0 Å². The summed E-state index contributed by atoms with van der Waals surface area (Å²) in [5, 5.41) is 9.19. The van der Waals surface area contributed by atoms with Crippen LogP contribution in [0.15, 0.2) is 35.6 Å². The van der Waals surface area contributed by atoms with Gasteiger partial charge in [-0.2, -0.15) is 0 Å². The van der Waals surface area contributed by atoms with Crippen LogP contribution >= 0.6 is 0 Å². The Morgan fingerprint density at radius 3 is 2.62 bits per heavy atom. The van der Waals surface area contributed by atoms with E-state index in [2.05, 4.69) is 15.0 Å². The Morgan fingerprint density at radius 2 is 2.00 bits per heavy atom. The second-order valence-electron chi connectivity index (χ2n) is 5.85. The largest absolute Gasteiger partial charge is 0.443 e. The molecule has 1 aromatic carbocycles. The number of benzene rings is 1. The van der Waals surface area contributed by atoms with Gasteiger partial charge in [0.1, 0.15) is 12.4 Å². The summed E-state index contributed by atoms with van der Waals surface area (Å²) in [5.74, 6) is -0.627. The molecular formula is C18H23FN6O4. The number of carbonyl (C=O) groups excluding carboxylic acids is 1. The Morgan fingerprint density at radius 1 is 1.28 bits per heavy atom. The van der Waals surface area contributed by atoms with Gasteiger partial charge in [-0.05, 0) is 0 Å². The molecule has 1 heterocycles. The fourth-order valence-corrected chi connectivity index (χ4v) is 2.45. The van der Waals surface area contributed by atoms with Gasteiger partial charge in [-0.3, -0.25) is 0 Å². The van der Waals surface area contributed by atoms with Gasteiger partial charge in [0.2, 0.25) is 5.95 Å². The van der Waals surface area contributed by atoms with Crippen LogP contribution in [0.2, 0.25) is 0 Å². The molecule has 0 atom stereocenters. The smallest absolute Gasteiger partial charge is 0.437 e. The van der Waals surface area contributed by atoms with Crippen LogP contribution in [0, 0.1) is 5.82 Å². The zero-order valence-corrected chi connectivity index (χ0v) is 15.9. The summed E-state index contributed by atoms with van der Waals surface area (Å²) in [7, 11) is 1.57. The minimum absolute atomic E-state index is 0.0654. The molecule has 156 valence electrons. The van der Waals surface area contributed by atoms with Gasteiger partial charge in [-0.1, -0.05) is 18.2 Å². The monoisotopic (exact) mass is 406 g/mol. The SMILES string of the molecule is COCCN(CCO)c1ncc(-c2cccc(COC(=O)N=C(N)N)c2F)cn1. The first-order chi connectivity index (χ1) is 14.0. The summed E-state index contributed by atoms with van der Waals surface area (Å²) in [6.07, 6.45) is 1.95. The molecular weight excluding hydrogens is 383 g/mol. The maximum atomic E-state index is 14.8. The number of methoxy groups -OCH3 is 1. The second-order valence-corrected chi connectivity index (χ2v) is 5.85. The predicted octanol–water partition coefficient (Wildman–Crippen LogP) is 0.638. The first-order valence-corrected chi connectivity index (χ1v) is 8.67. The highest BCUT2D eigenvalue weighted by Gasteiger charge is 2.14. The van der Waals surface area contributed by atoms with Crippen molar-refractivity contribution >= 4 is 18.0 Å². The minimum Gasteiger partial charge on any atom is -0.443 e. The van der Waals surface area contributed by atoms with Crippen molar-refractivity contribution in [2.75, 3.05) is 38.3 Å². The molecule has 0 bridgehead atoms. The Labute approximate surface area is 167 Å². The number of hydrogen-bond acceptors (Lipinski definition) is 7. The van der Waals surface area contributed by atoms with Gasteiger partial charge in [0.05, 0.1) is 13.2 Å². The zero-order valence-electron chi connectivity index (χ0n) is 15.9. The molecule has 1 amide bonds. The van der Waals surface area contributed by atoms with Crippen LogP contribution in [-0.2, 0) is 16.1 Å². The number of aliphatic hydroxyl groups is 1. The lowest BCUT2D eigenvalue weighted by molar-refractivity contribution is 0.149. The van der Waals surface area contributed by atoms with E-state index in [9.17, 15) is 14.3 Å². The molecule has 2 rings (SSSR count). The molecule has 29 heavy (non-hydrogen) atoms. The number of halogens is 1. The molecule has 0 saturated heterocycles. The van der Waals surface area contributed by atoms with Gasteiger partial charge in [-0.15, -0.1) is 4.99 Å². The number of aliphatic hydroxyl groups excluding tert-OH is 1. The topological polar surface area (TPSA) is 149 Å². The van der Waals surface area contributed by atoms with Crippen LogP contribution in [-0.4, -0.2) is 60.5 Å². The van der Waals surface area contributed by atoms with E-state index >= 15 is 0 Å². The molecule has 5 N–H and O–H groups in total. The first-order valence-electron chi connectivity index (χ1n) is 8.67. The third kappa shape index (κ3) is 6.36. The molecule has 10 nitrogen and oxygen atoms in total. The van der Waals surface area contributed by atoms with Crippen molar-refractivity contribution in [3.8, 4) is 11.1 Å². The number of anilines is 1. The highest BCUT2D eigenvalue weighted by Crippen LogP contribution is 2.25. The number of hydrogen-bond donors (Lipinski definition) is 3. The molecule has 0 fully saturated rings. The van der Waals surface area contributed by atoms with Crippen molar-refractivity contribution in [3.05, 3.63) is 42.0 Å². The summed E-state index contributed by atoms with van der Waals surface area (Å²) in [6.45, 7) is 0.884. The second kappa shape index (κ2) is 10.9. The molecule has 0 spiro atoms. The number of rotatable bonds is 9. The number of nitrogens with two attached hydrogens (primary N) is 2. The van der Waals surface area contributed by atoms with Gasteiger partial charge in [0.15, 0.2) is 5.96 Å². The highest BCUT2D eigenvalue weighted by atomic mass is 19.1. The Balaban J connectivity index is 2.17. The lowest BCUT2D eigenvalue weighted by atomic mass is 10.1. The summed E-state index contributed by atoms with van der Waals surface area (Å²) in [4.78, 5) is 24.8. The minimum atomic E-state index is -1.01. The number of carbonyl (C=O) groups is 1. The first kappa shape index (κ1) is 22.0. The summed E-state index contributed by atoms with van der Waals surface area (Å²) in [5.41, 5.74) is 11.0. The third-order valence-electron chi connectivity index (χ3n) is 3.82. The lowest BCUT2D eigenvalue weighted by Gasteiger charge is -2.21. The predicted molar refractivity (Wildman–Crippen MR) is 105 cm³/mol. The lowest BCUT2D eigenvalue weighted by Crippen LogP contribution is -2.31. The van der Waals surface area contributed by atoms with Crippen LogP contribution in [0.25, 0.3) is 11.1 Å². The van der Waals surface area contributed by atoms with E-state index < -0.39 is 17.9 Å². The maximum Gasteiger partial charge on any atom is 0.437 e. The van der Waals surface area contributed by atoms with Crippen LogP contribution in [0.5, 0.6) is 0 Å². The average molecular weight is 406 g/mol. The Kier molecular flexibility index (Phi) is 8.25. The Hall–Kier alpha value is -3.31. The number of ether oxygens (including phenoxy) is 2. The molecule has 0 aliphatic rings. The van der Waals surface area contributed by atoms with Crippen molar-refractivity contribution in [1.29, 1.82) is 0 Å². The van der Waals surface area contributed by atoms with Crippen LogP contribution in [0.1, 0.15) is 5.56 Å². The van der Waals surface area contributed by atoms with Crippen molar-refractivity contribution in [2.24, 2.45) is 16.5 Å². The number of aromatic nitrogens is 2. The van der Waals surface area contributed by atoms with Crippen LogP contribution < -0.4 is 16.4 Å². The fraction of sp³-hybridized carbons (Fsp3) is 0.333. The molecule has 0 saturated carbocycles. The van der Waals surface area contributed by atoms with Gasteiger partial charge >= 0.3 is 6.09 Å². The highest BCUT2D eigenvalue weighted by molar-refractivity contribution is 5.87. The molecule has 0 aliphatic heterocycles. The fourth-order valence-electron chi connectivity index (χ4n) is 2.45. The summed E-state index contributed by atoms with van der Waals surface area (Å²) < 4.78 is 24.7. The number of aliphatic imine (C=N–C) groups is 1. The van der Waals surface area contributed by atoms with Gasteiger partial charge in [-0.25, -0.2) is 19.2 Å². The quantitative estimate of drug-likeness (QED) is 0.403. The van der Waals surface area contributed by atoms with E-state index in [1.807, 2.05) is 0 Å². The number of amides is 1. The summed E-state index contributed by atoms with van der Waals surface area (Å²) >= 11 is 0. The molecule has 0 unspecified atom stereocenters. The molecule has 2 aromatic rings. The molecule has 1 aromatic heterocycles. The van der Waals surface area contributed by atoms with E-state index in [-0.39, 0.29) is 24.3 Å². The van der Waals surface area contributed by atoms with Crippen LogP contribution in [0.4, 0.5) is 15.1 Å². The third-order valence-corrected chi connectivity index (χ3v) is 3.82. The molecule has 0 radical (unpaired) electrons. The Bertz CT molecular complexity index is 843. The zero-order chi connectivity index (χ0) is 21.2. The normalized spacial score (nSPS) is 10.4. The number of nitrogens with zero attached hydrogens (tertiary/aromatic N) is 4. The maximum absolute atomic E-state index is 14.8. The van der Waals surface area contributed by atoms with Crippen LogP contribution in [0.3, 0.4) is 0 Å². The van der Waals surface area contributed by atoms with Gasteiger partial charge in [0.25, 0.3) is 0 Å². The van der Waals surface area contributed by atoms with E-state index in [4.69, 9.17) is 20.9 Å². The van der Waals surface area contributed by atoms with Crippen molar-refractivity contribution in [2.45, 2.75) is 6.61 Å².